The van der Waals surface area contributed by atoms with Crippen LogP contribution in [0.2, 0.25) is 0 Å². The van der Waals surface area contributed by atoms with E-state index >= 15 is 0 Å². The predicted octanol–water partition coefficient (Wildman–Crippen LogP) is 1.04. The summed E-state index contributed by atoms with van der Waals surface area (Å²) in [6, 6.07) is 0. The normalized spacial score (nSPS) is 10.6. The standard InChI is InChI=1S/C9H12N4S/c10-3-9-4-11-6-13(9)2-1-8-5-14-7-12-8/h4-7H,1-3,10H2. The predicted molar refractivity (Wildman–Crippen MR) is 55.9 cm³/mol. The zero-order valence-electron chi connectivity index (χ0n) is 7.76. The van der Waals surface area contributed by atoms with Crippen molar-refractivity contribution in [3.05, 3.63) is 34.8 Å². The Morgan fingerprint density at radius 2 is 2.43 bits per heavy atom. The Morgan fingerprint density at radius 1 is 1.50 bits per heavy atom. The fraction of sp³-hybridized carbons (Fsp3) is 0.333. The van der Waals surface area contributed by atoms with Crippen LogP contribution in [-0.2, 0) is 19.5 Å². The minimum absolute atomic E-state index is 0.539. The summed E-state index contributed by atoms with van der Waals surface area (Å²) in [6.07, 6.45) is 4.56. The van der Waals surface area contributed by atoms with Crippen LogP contribution >= 0.6 is 11.3 Å². The summed E-state index contributed by atoms with van der Waals surface area (Å²) in [6.45, 7) is 1.44. The van der Waals surface area contributed by atoms with Crippen molar-refractivity contribution in [2.75, 3.05) is 0 Å². The summed E-state index contributed by atoms with van der Waals surface area (Å²) in [7, 11) is 0. The lowest BCUT2D eigenvalue weighted by Gasteiger charge is -2.04. The molecule has 0 aliphatic carbocycles. The molecular weight excluding hydrogens is 196 g/mol. The van der Waals surface area contributed by atoms with Crippen LogP contribution in [0.1, 0.15) is 11.4 Å². The molecule has 0 saturated carbocycles. The number of hydrogen-bond donors (Lipinski definition) is 1. The van der Waals surface area contributed by atoms with Gasteiger partial charge in [0.1, 0.15) is 0 Å². The molecule has 4 nitrogen and oxygen atoms in total. The first kappa shape index (κ1) is 9.36. The molecular formula is C9H12N4S. The van der Waals surface area contributed by atoms with Crippen molar-refractivity contribution in [2.24, 2.45) is 5.73 Å². The number of aryl methyl sites for hydroxylation is 2. The van der Waals surface area contributed by atoms with Crippen LogP contribution in [0, 0.1) is 0 Å². The third kappa shape index (κ3) is 2.00. The first-order valence-corrected chi connectivity index (χ1v) is 5.40. The van der Waals surface area contributed by atoms with Gasteiger partial charge in [0, 0.05) is 31.1 Å². The van der Waals surface area contributed by atoms with Crippen molar-refractivity contribution in [1.82, 2.24) is 14.5 Å². The lowest BCUT2D eigenvalue weighted by Crippen LogP contribution is -2.08. The highest BCUT2D eigenvalue weighted by Gasteiger charge is 2.00. The topological polar surface area (TPSA) is 56.7 Å². The molecule has 5 heteroatoms. The summed E-state index contributed by atoms with van der Waals surface area (Å²) >= 11 is 1.63. The van der Waals surface area contributed by atoms with Gasteiger partial charge in [0.2, 0.25) is 0 Å². The number of nitrogens with two attached hydrogens (primary N) is 1. The van der Waals surface area contributed by atoms with Crippen molar-refractivity contribution < 1.29 is 0 Å². The van der Waals surface area contributed by atoms with Crippen LogP contribution < -0.4 is 5.73 Å². The molecule has 74 valence electrons. The first-order chi connectivity index (χ1) is 6.90. The lowest BCUT2D eigenvalue weighted by molar-refractivity contribution is 0.654. The number of imidazole rings is 1. The Labute approximate surface area is 86.4 Å². The number of rotatable bonds is 4. The maximum absolute atomic E-state index is 5.57. The van der Waals surface area contributed by atoms with Crippen LogP contribution in [0.5, 0.6) is 0 Å². The maximum Gasteiger partial charge on any atom is 0.0948 e. The number of aromatic nitrogens is 3. The quantitative estimate of drug-likeness (QED) is 0.816. The Kier molecular flexibility index (Phi) is 2.90. The molecule has 2 rings (SSSR count). The van der Waals surface area contributed by atoms with E-state index in [1.54, 1.807) is 17.5 Å². The molecule has 0 aromatic carbocycles. The molecule has 14 heavy (non-hydrogen) atoms. The largest absolute Gasteiger partial charge is 0.333 e. The third-order valence-corrected chi connectivity index (χ3v) is 2.74. The SMILES string of the molecule is NCc1cncn1CCc1cscn1. The van der Waals surface area contributed by atoms with Gasteiger partial charge in [-0.3, -0.25) is 0 Å². The van der Waals surface area contributed by atoms with Gasteiger partial charge in [-0.25, -0.2) is 9.97 Å². The van der Waals surface area contributed by atoms with Crippen LogP contribution in [0.15, 0.2) is 23.4 Å². The number of thiazole rings is 1. The Hall–Kier alpha value is -1.20. The molecule has 0 spiro atoms. The summed E-state index contributed by atoms with van der Waals surface area (Å²) in [4.78, 5) is 8.28. The van der Waals surface area contributed by atoms with Gasteiger partial charge in [-0.1, -0.05) is 0 Å². The van der Waals surface area contributed by atoms with Crippen molar-refractivity contribution in [2.45, 2.75) is 19.5 Å². The number of nitrogens with zero attached hydrogens (tertiary/aromatic N) is 3. The molecule has 0 aliphatic rings. The number of hydrogen-bond acceptors (Lipinski definition) is 4. The van der Waals surface area contributed by atoms with Gasteiger partial charge in [0.25, 0.3) is 0 Å². The minimum atomic E-state index is 0.539. The second kappa shape index (κ2) is 4.34. The van der Waals surface area contributed by atoms with E-state index in [1.807, 2.05) is 11.8 Å². The van der Waals surface area contributed by atoms with E-state index < -0.39 is 0 Å². The van der Waals surface area contributed by atoms with E-state index in [1.165, 1.54) is 0 Å². The highest BCUT2D eigenvalue weighted by atomic mass is 32.1. The zero-order chi connectivity index (χ0) is 9.80. The van der Waals surface area contributed by atoms with Crippen molar-refractivity contribution in [3.8, 4) is 0 Å². The van der Waals surface area contributed by atoms with Crippen LogP contribution in [0.3, 0.4) is 0 Å². The van der Waals surface area contributed by atoms with E-state index in [4.69, 9.17) is 5.73 Å². The highest BCUT2D eigenvalue weighted by Crippen LogP contribution is 2.05. The van der Waals surface area contributed by atoms with E-state index in [9.17, 15) is 0 Å². The van der Waals surface area contributed by atoms with E-state index in [0.717, 1.165) is 24.4 Å². The highest BCUT2D eigenvalue weighted by molar-refractivity contribution is 7.07. The molecule has 2 heterocycles. The molecule has 0 saturated heterocycles. The molecule has 0 bridgehead atoms. The van der Waals surface area contributed by atoms with Crippen molar-refractivity contribution >= 4 is 11.3 Å². The second-order valence-corrected chi connectivity index (χ2v) is 3.73. The van der Waals surface area contributed by atoms with Crippen LogP contribution in [0.25, 0.3) is 0 Å². The van der Waals surface area contributed by atoms with Crippen molar-refractivity contribution in [3.63, 3.8) is 0 Å². The zero-order valence-corrected chi connectivity index (χ0v) is 8.57. The lowest BCUT2D eigenvalue weighted by atomic mass is 10.3. The van der Waals surface area contributed by atoms with Crippen molar-refractivity contribution in [1.29, 1.82) is 0 Å². The molecule has 2 aromatic rings. The maximum atomic E-state index is 5.57. The summed E-state index contributed by atoms with van der Waals surface area (Å²) < 4.78 is 2.07. The van der Waals surface area contributed by atoms with Gasteiger partial charge in [-0.05, 0) is 0 Å². The summed E-state index contributed by atoms with van der Waals surface area (Å²) in [5.41, 5.74) is 9.62. The van der Waals surface area contributed by atoms with Gasteiger partial charge >= 0.3 is 0 Å². The molecule has 0 unspecified atom stereocenters. The van der Waals surface area contributed by atoms with Gasteiger partial charge in [-0.15, -0.1) is 11.3 Å². The van der Waals surface area contributed by atoms with Gasteiger partial charge < -0.3 is 10.3 Å². The molecule has 0 radical (unpaired) electrons. The van der Waals surface area contributed by atoms with E-state index in [2.05, 4.69) is 19.9 Å². The van der Waals surface area contributed by atoms with Gasteiger partial charge in [0.05, 0.1) is 23.2 Å². The Morgan fingerprint density at radius 3 is 3.14 bits per heavy atom. The summed E-state index contributed by atoms with van der Waals surface area (Å²) in [5.74, 6) is 0. The molecule has 0 atom stereocenters. The molecule has 2 N–H and O–H groups in total. The van der Waals surface area contributed by atoms with E-state index in [-0.39, 0.29) is 0 Å². The first-order valence-electron chi connectivity index (χ1n) is 4.46. The fourth-order valence-electron chi connectivity index (χ4n) is 1.32. The molecule has 0 fully saturated rings. The smallest absolute Gasteiger partial charge is 0.0948 e. The average molecular weight is 208 g/mol. The monoisotopic (exact) mass is 208 g/mol. The van der Waals surface area contributed by atoms with Gasteiger partial charge in [-0.2, -0.15) is 0 Å². The molecule has 0 aliphatic heterocycles. The fourth-order valence-corrected chi connectivity index (χ4v) is 1.91. The van der Waals surface area contributed by atoms with Crippen LogP contribution in [-0.4, -0.2) is 14.5 Å². The second-order valence-electron chi connectivity index (χ2n) is 3.01. The molecule has 2 aromatic heterocycles. The summed E-state index contributed by atoms with van der Waals surface area (Å²) in [5, 5.41) is 2.07. The molecule has 0 amide bonds. The Balaban J connectivity index is 1.98. The van der Waals surface area contributed by atoms with E-state index in [0.29, 0.717) is 6.54 Å². The van der Waals surface area contributed by atoms with Gasteiger partial charge in [0.15, 0.2) is 0 Å². The third-order valence-electron chi connectivity index (χ3n) is 2.10. The van der Waals surface area contributed by atoms with Crippen LogP contribution in [0.4, 0.5) is 0 Å². The Bertz CT molecular complexity index is 379. The average Bonchev–Trinajstić information content (AvgIpc) is 2.85. The minimum Gasteiger partial charge on any atom is -0.333 e.